The molecule has 0 aliphatic heterocycles. The van der Waals surface area contributed by atoms with Crippen molar-refractivity contribution in [2.24, 2.45) is 0 Å². The van der Waals surface area contributed by atoms with Crippen molar-refractivity contribution in [2.75, 3.05) is 13.1 Å². The van der Waals surface area contributed by atoms with Gasteiger partial charge in [0.05, 0.1) is 5.37 Å². The fourth-order valence-electron chi connectivity index (χ4n) is 1.21. The first-order valence-corrected chi connectivity index (χ1v) is 5.43. The summed E-state index contributed by atoms with van der Waals surface area (Å²) in [5.74, 6) is 0. The van der Waals surface area contributed by atoms with Gasteiger partial charge in [-0.2, -0.15) is 12.6 Å². The zero-order valence-electron chi connectivity index (χ0n) is 8.58. The van der Waals surface area contributed by atoms with E-state index in [1.54, 1.807) is 0 Å². The summed E-state index contributed by atoms with van der Waals surface area (Å²) in [5.41, 5.74) is 0. The van der Waals surface area contributed by atoms with Crippen LogP contribution >= 0.6 is 12.6 Å². The van der Waals surface area contributed by atoms with Crippen molar-refractivity contribution in [3.05, 3.63) is 25.3 Å². The van der Waals surface area contributed by atoms with Crippen LogP contribution in [0.3, 0.4) is 0 Å². The van der Waals surface area contributed by atoms with Crippen LogP contribution in [0.4, 0.5) is 0 Å². The monoisotopic (exact) mass is 199 g/mol. The predicted octanol–water partition coefficient (Wildman–Crippen LogP) is 3.11. The van der Waals surface area contributed by atoms with Crippen LogP contribution in [-0.4, -0.2) is 23.4 Å². The van der Waals surface area contributed by atoms with Crippen LogP contribution in [0.2, 0.25) is 0 Å². The Balaban J connectivity index is 3.78. The molecule has 0 fully saturated rings. The maximum Gasteiger partial charge on any atom is 0.0714 e. The van der Waals surface area contributed by atoms with Crippen molar-refractivity contribution < 1.29 is 0 Å². The molecule has 0 aliphatic rings. The molecule has 0 aromatic carbocycles. The molecule has 0 rings (SSSR count). The fraction of sp³-hybridized carbons (Fsp3) is 0.636. The Morgan fingerprint density at radius 1 is 1.38 bits per heavy atom. The van der Waals surface area contributed by atoms with Gasteiger partial charge in [0.2, 0.25) is 0 Å². The maximum atomic E-state index is 4.42. The molecule has 0 amide bonds. The van der Waals surface area contributed by atoms with Gasteiger partial charge in [0.25, 0.3) is 0 Å². The Kier molecular flexibility index (Phi) is 8.26. The molecule has 0 bridgehead atoms. The van der Waals surface area contributed by atoms with E-state index in [2.05, 4.69) is 37.6 Å². The number of hydrogen-bond donors (Lipinski definition) is 1. The van der Waals surface area contributed by atoms with Crippen molar-refractivity contribution in [2.45, 2.75) is 31.6 Å². The highest BCUT2D eigenvalue weighted by Crippen LogP contribution is 2.07. The largest absolute Gasteiger partial charge is 0.285 e. The number of unbranched alkanes of at least 4 members (excludes halogenated alkanes) is 2. The third kappa shape index (κ3) is 5.94. The highest BCUT2D eigenvalue weighted by molar-refractivity contribution is 7.81. The van der Waals surface area contributed by atoms with Gasteiger partial charge < -0.3 is 0 Å². The Morgan fingerprint density at radius 3 is 2.54 bits per heavy atom. The predicted molar refractivity (Wildman–Crippen MR) is 64.3 cm³/mol. The molecule has 0 N–H and O–H groups in total. The molecule has 1 nitrogen and oxygen atoms in total. The van der Waals surface area contributed by atoms with Crippen LogP contribution < -0.4 is 0 Å². The summed E-state index contributed by atoms with van der Waals surface area (Å²) in [4.78, 5) is 2.26. The van der Waals surface area contributed by atoms with Crippen LogP contribution in [0.1, 0.15) is 26.2 Å². The number of hydrogen-bond acceptors (Lipinski definition) is 2. The second kappa shape index (κ2) is 8.39. The molecule has 1 atom stereocenters. The minimum absolute atomic E-state index is 0.162. The van der Waals surface area contributed by atoms with E-state index < -0.39 is 0 Å². The van der Waals surface area contributed by atoms with E-state index >= 15 is 0 Å². The topological polar surface area (TPSA) is 3.24 Å². The normalized spacial score (nSPS) is 12.8. The Morgan fingerprint density at radius 2 is 2.08 bits per heavy atom. The van der Waals surface area contributed by atoms with E-state index in [0.29, 0.717) is 0 Å². The quantitative estimate of drug-likeness (QED) is 0.272. The molecule has 0 aliphatic carbocycles. The summed E-state index contributed by atoms with van der Waals surface area (Å²) in [6, 6.07) is 0. The van der Waals surface area contributed by atoms with Crippen LogP contribution in [0.15, 0.2) is 25.3 Å². The highest BCUT2D eigenvalue weighted by atomic mass is 32.1. The van der Waals surface area contributed by atoms with Gasteiger partial charge in [0, 0.05) is 6.54 Å². The van der Waals surface area contributed by atoms with Gasteiger partial charge in [-0.05, 0) is 13.0 Å². The van der Waals surface area contributed by atoms with Gasteiger partial charge >= 0.3 is 0 Å². The van der Waals surface area contributed by atoms with Gasteiger partial charge in [-0.15, -0.1) is 13.2 Å². The van der Waals surface area contributed by atoms with Crippen molar-refractivity contribution in [1.82, 2.24) is 4.90 Å². The molecule has 2 heteroatoms. The zero-order chi connectivity index (χ0) is 10.1. The van der Waals surface area contributed by atoms with Gasteiger partial charge in [0.1, 0.15) is 0 Å². The lowest BCUT2D eigenvalue weighted by molar-refractivity contribution is 0.307. The second-order valence-corrected chi connectivity index (χ2v) is 3.67. The average Bonchev–Trinajstić information content (AvgIpc) is 2.16. The lowest BCUT2D eigenvalue weighted by Gasteiger charge is -2.24. The van der Waals surface area contributed by atoms with E-state index in [1.165, 1.54) is 19.3 Å². The summed E-state index contributed by atoms with van der Waals surface area (Å²) >= 11 is 4.42. The minimum Gasteiger partial charge on any atom is -0.285 e. The maximum absolute atomic E-state index is 4.42. The first-order chi connectivity index (χ1) is 6.26. The Labute approximate surface area is 87.9 Å². The number of thiol groups is 1. The van der Waals surface area contributed by atoms with E-state index in [9.17, 15) is 0 Å². The lowest BCUT2D eigenvalue weighted by atomic mass is 10.2. The SMILES string of the molecule is C=CCN(CCCCC)C(S)C=C. The molecule has 13 heavy (non-hydrogen) atoms. The zero-order valence-corrected chi connectivity index (χ0v) is 9.47. The van der Waals surface area contributed by atoms with Crippen LogP contribution in [-0.2, 0) is 0 Å². The summed E-state index contributed by atoms with van der Waals surface area (Å²) in [5, 5.41) is 0.162. The highest BCUT2D eigenvalue weighted by Gasteiger charge is 2.08. The summed E-state index contributed by atoms with van der Waals surface area (Å²) in [6.07, 6.45) is 7.55. The molecule has 0 saturated heterocycles. The molecule has 0 aromatic rings. The van der Waals surface area contributed by atoms with E-state index in [1.807, 2.05) is 12.2 Å². The van der Waals surface area contributed by atoms with Gasteiger partial charge in [-0.1, -0.05) is 31.9 Å². The molecule has 76 valence electrons. The van der Waals surface area contributed by atoms with Crippen molar-refractivity contribution in [3.8, 4) is 0 Å². The van der Waals surface area contributed by atoms with E-state index in [4.69, 9.17) is 0 Å². The van der Waals surface area contributed by atoms with Gasteiger partial charge in [0.15, 0.2) is 0 Å². The van der Waals surface area contributed by atoms with Gasteiger partial charge in [-0.3, -0.25) is 4.90 Å². The fourth-order valence-corrected chi connectivity index (χ4v) is 1.42. The van der Waals surface area contributed by atoms with Crippen molar-refractivity contribution >= 4 is 12.6 Å². The second-order valence-electron chi connectivity index (χ2n) is 3.14. The Bertz CT molecular complexity index is 145. The van der Waals surface area contributed by atoms with Crippen LogP contribution in [0.25, 0.3) is 0 Å². The first kappa shape index (κ1) is 12.8. The molecule has 0 radical (unpaired) electrons. The molecule has 0 aromatic heterocycles. The van der Waals surface area contributed by atoms with Crippen molar-refractivity contribution in [3.63, 3.8) is 0 Å². The first-order valence-electron chi connectivity index (χ1n) is 4.91. The van der Waals surface area contributed by atoms with Crippen LogP contribution in [0, 0.1) is 0 Å². The Hall–Kier alpha value is -0.210. The van der Waals surface area contributed by atoms with Crippen LogP contribution in [0.5, 0.6) is 0 Å². The molecular formula is C11H21NS. The number of rotatable bonds is 8. The molecular weight excluding hydrogens is 178 g/mol. The molecule has 0 saturated carbocycles. The third-order valence-electron chi connectivity index (χ3n) is 2.00. The van der Waals surface area contributed by atoms with Gasteiger partial charge in [-0.25, -0.2) is 0 Å². The molecule has 0 heterocycles. The van der Waals surface area contributed by atoms with E-state index in [0.717, 1.165) is 13.1 Å². The molecule has 0 spiro atoms. The average molecular weight is 199 g/mol. The third-order valence-corrected chi connectivity index (χ3v) is 2.53. The van der Waals surface area contributed by atoms with E-state index in [-0.39, 0.29) is 5.37 Å². The summed E-state index contributed by atoms with van der Waals surface area (Å²) < 4.78 is 0. The van der Waals surface area contributed by atoms with Crippen molar-refractivity contribution in [1.29, 1.82) is 0 Å². The standard InChI is InChI=1S/C11H21NS/c1-4-7-8-10-12(9-5-2)11(13)6-3/h5-6,11,13H,2-4,7-10H2,1H3. The summed E-state index contributed by atoms with van der Waals surface area (Å²) in [6.45, 7) is 11.7. The minimum atomic E-state index is 0.162. The lowest BCUT2D eigenvalue weighted by Crippen LogP contribution is -2.31. The smallest absolute Gasteiger partial charge is 0.0714 e. The number of nitrogens with zero attached hydrogens (tertiary/aromatic N) is 1. The molecule has 1 unspecified atom stereocenters. The summed E-state index contributed by atoms with van der Waals surface area (Å²) in [7, 11) is 0.